The summed E-state index contributed by atoms with van der Waals surface area (Å²) in [5.74, 6) is 1.67. The van der Waals surface area contributed by atoms with Crippen LogP contribution < -0.4 is 9.64 Å². The van der Waals surface area contributed by atoms with Gasteiger partial charge in [0.1, 0.15) is 11.5 Å². The van der Waals surface area contributed by atoms with Crippen molar-refractivity contribution in [2.45, 2.75) is 5.41 Å². The van der Waals surface area contributed by atoms with E-state index in [-0.39, 0.29) is 0 Å². The molecule has 0 saturated carbocycles. The first-order chi connectivity index (χ1) is 30.3. The van der Waals surface area contributed by atoms with Crippen molar-refractivity contribution in [3.63, 3.8) is 0 Å². The van der Waals surface area contributed by atoms with E-state index in [1.165, 1.54) is 60.8 Å². The Morgan fingerprint density at radius 3 is 1.59 bits per heavy atom. The fourth-order valence-electron chi connectivity index (χ4n) is 10.1. The van der Waals surface area contributed by atoms with Gasteiger partial charge in [-0.15, -0.1) is 0 Å². The van der Waals surface area contributed by atoms with Crippen molar-refractivity contribution in [2.24, 2.45) is 0 Å². The Morgan fingerprint density at radius 1 is 0.328 bits per heavy atom. The van der Waals surface area contributed by atoms with Gasteiger partial charge < -0.3 is 9.64 Å². The molecule has 0 N–H and O–H groups in total. The van der Waals surface area contributed by atoms with Gasteiger partial charge in [0.25, 0.3) is 0 Å². The molecular formula is C59H39NO. The minimum absolute atomic E-state index is 0.490. The van der Waals surface area contributed by atoms with Crippen LogP contribution in [0.5, 0.6) is 11.5 Å². The summed E-state index contributed by atoms with van der Waals surface area (Å²) in [6, 6.07) is 85.9. The number of hydrogen-bond donors (Lipinski definition) is 0. The standard InChI is InChI=1S/C59H39NO/c1-3-16-40(17-4-1)41-30-35-45(36-31-41)60(54-27-15-29-56-58(54)57-47-21-8-7-18-42(47)32-39-51(57)50-24-11-14-28-55(50)61-56)46-37-33-44(34-38-46)59(43-19-5-2-6-20-43)52-25-12-9-22-48(52)49-23-10-13-26-53(49)59/h1-39H. The maximum Gasteiger partial charge on any atom is 0.137 e. The third kappa shape index (κ3) is 5.43. The SMILES string of the molecule is c1ccc(-c2ccc(N(c3ccc(C4(c5ccccc5)c5ccccc5-c5ccccc54)cc3)c3cccc4c3-c3c(ccc5ccccc35)-c3ccccc3O4)cc2)cc1. The number of fused-ring (bicyclic) bond motifs is 10. The molecule has 0 aromatic heterocycles. The Hall–Kier alpha value is -7.94. The highest BCUT2D eigenvalue weighted by Gasteiger charge is 2.45. The Bertz CT molecular complexity index is 3210. The topological polar surface area (TPSA) is 12.5 Å². The summed E-state index contributed by atoms with van der Waals surface area (Å²) in [5.41, 5.74) is 17.1. The molecule has 1 aliphatic heterocycles. The van der Waals surface area contributed by atoms with Gasteiger partial charge in [-0.1, -0.05) is 194 Å². The summed E-state index contributed by atoms with van der Waals surface area (Å²) in [6.07, 6.45) is 0. The molecule has 1 heterocycles. The average Bonchev–Trinajstić information content (AvgIpc) is 3.54. The van der Waals surface area contributed by atoms with Crippen molar-refractivity contribution in [2.75, 3.05) is 4.90 Å². The molecule has 0 spiro atoms. The van der Waals surface area contributed by atoms with Crippen LogP contribution in [-0.2, 0) is 5.41 Å². The van der Waals surface area contributed by atoms with Crippen LogP contribution in [0.1, 0.15) is 22.3 Å². The molecule has 61 heavy (non-hydrogen) atoms. The van der Waals surface area contributed by atoms with E-state index in [2.05, 4.69) is 241 Å². The third-order valence-electron chi connectivity index (χ3n) is 12.8. The largest absolute Gasteiger partial charge is 0.456 e. The molecule has 10 aromatic carbocycles. The molecule has 286 valence electrons. The first-order valence-corrected chi connectivity index (χ1v) is 21.0. The van der Waals surface area contributed by atoms with E-state index < -0.39 is 5.41 Å². The van der Waals surface area contributed by atoms with E-state index in [0.29, 0.717) is 0 Å². The Labute approximate surface area is 356 Å². The molecule has 1 aliphatic carbocycles. The number of para-hydroxylation sites is 1. The van der Waals surface area contributed by atoms with Gasteiger partial charge in [-0.3, -0.25) is 0 Å². The van der Waals surface area contributed by atoms with E-state index in [1.807, 2.05) is 0 Å². The van der Waals surface area contributed by atoms with Crippen LogP contribution in [0.4, 0.5) is 17.1 Å². The zero-order chi connectivity index (χ0) is 40.3. The van der Waals surface area contributed by atoms with Crippen LogP contribution in [0, 0.1) is 0 Å². The fourth-order valence-corrected chi connectivity index (χ4v) is 10.1. The lowest BCUT2D eigenvalue weighted by molar-refractivity contribution is 0.488. The number of anilines is 3. The molecule has 0 saturated heterocycles. The molecule has 2 nitrogen and oxygen atoms in total. The van der Waals surface area contributed by atoms with Crippen LogP contribution in [0.3, 0.4) is 0 Å². The van der Waals surface area contributed by atoms with Crippen LogP contribution in [-0.4, -0.2) is 0 Å². The first kappa shape index (κ1) is 35.0. The van der Waals surface area contributed by atoms with Gasteiger partial charge in [-0.05, 0) is 103 Å². The highest BCUT2D eigenvalue weighted by molar-refractivity contribution is 6.10. The molecule has 12 rings (SSSR count). The summed E-state index contributed by atoms with van der Waals surface area (Å²) in [5, 5.41) is 2.37. The lowest BCUT2D eigenvalue weighted by Crippen LogP contribution is -2.28. The van der Waals surface area contributed by atoms with Crippen LogP contribution in [0.15, 0.2) is 237 Å². The fraction of sp³-hybridized carbons (Fsp3) is 0.0169. The van der Waals surface area contributed by atoms with E-state index in [4.69, 9.17) is 4.74 Å². The molecule has 0 radical (unpaired) electrons. The molecule has 0 bridgehead atoms. The minimum atomic E-state index is -0.490. The smallest absolute Gasteiger partial charge is 0.137 e. The molecule has 0 amide bonds. The first-order valence-electron chi connectivity index (χ1n) is 21.0. The quantitative estimate of drug-likeness (QED) is 0.167. The van der Waals surface area contributed by atoms with E-state index in [1.54, 1.807) is 0 Å². The van der Waals surface area contributed by atoms with E-state index in [0.717, 1.165) is 45.3 Å². The Morgan fingerprint density at radius 2 is 0.869 bits per heavy atom. The lowest BCUT2D eigenvalue weighted by Gasteiger charge is -2.34. The average molecular weight is 778 g/mol. The number of rotatable bonds is 6. The summed E-state index contributed by atoms with van der Waals surface area (Å²) in [6.45, 7) is 0. The number of ether oxygens (including phenoxy) is 1. The molecular weight excluding hydrogens is 739 g/mol. The van der Waals surface area contributed by atoms with Crippen molar-refractivity contribution in [3.05, 3.63) is 259 Å². The van der Waals surface area contributed by atoms with Crippen LogP contribution >= 0.6 is 0 Å². The van der Waals surface area contributed by atoms with Gasteiger partial charge in [0.2, 0.25) is 0 Å². The molecule has 0 fully saturated rings. The highest BCUT2D eigenvalue weighted by atomic mass is 16.5. The predicted octanol–water partition coefficient (Wildman–Crippen LogP) is 15.8. The van der Waals surface area contributed by atoms with Crippen molar-refractivity contribution in [1.29, 1.82) is 0 Å². The summed E-state index contributed by atoms with van der Waals surface area (Å²) >= 11 is 0. The molecule has 2 aliphatic rings. The van der Waals surface area contributed by atoms with Gasteiger partial charge in [0, 0.05) is 28.1 Å². The highest BCUT2D eigenvalue weighted by Crippen LogP contribution is 2.57. The number of nitrogens with zero attached hydrogens (tertiary/aromatic N) is 1. The second-order valence-electron chi connectivity index (χ2n) is 16.0. The van der Waals surface area contributed by atoms with Crippen molar-refractivity contribution < 1.29 is 4.74 Å². The summed E-state index contributed by atoms with van der Waals surface area (Å²) in [4.78, 5) is 2.41. The second kappa shape index (κ2) is 14.1. The van der Waals surface area contributed by atoms with Crippen molar-refractivity contribution in [1.82, 2.24) is 0 Å². The molecule has 0 atom stereocenters. The minimum Gasteiger partial charge on any atom is -0.456 e. The van der Waals surface area contributed by atoms with Gasteiger partial charge in [0.15, 0.2) is 0 Å². The van der Waals surface area contributed by atoms with Gasteiger partial charge >= 0.3 is 0 Å². The maximum atomic E-state index is 6.96. The van der Waals surface area contributed by atoms with Crippen molar-refractivity contribution >= 4 is 27.8 Å². The monoisotopic (exact) mass is 777 g/mol. The van der Waals surface area contributed by atoms with Crippen LogP contribution in [0.25, 0.3) is 55.3 Å². The van der Waals surface area contributed by atoms with Crippen LogP contribution in [0.2, 0.25) is 0 Å². The number of hydrogen-bond acceptors (Lipinski definition) is 2. The Balaban J connectivity index is 1.10. The van der Waals surface area contributed by atoms with Gasteiger partial charge in [0.05, 0.1) is 11.1 Å². The molecule has 10 aromatic rings. The number of benzene rings is 10. The zero-order valence-electron chi connectivity index (χ0n) is 33.4. The van der Waals surface area contributed by atoms with E-state index >= 15 is 0 Å². The normalized spacial score (nSPS) is 12.9. The predicted molar refractivity (Wildman–Crippen MR) is 252 cm³/mol. The maximum absolute atomic E-state index is 6.96. The summed E-state index contributed by atoms with van der Waals surface area (Å²) < 4.78 is 6.96. The van der Waals surface area contributed by atoms with Gasteiger partial charge in [-0.25, -0.2) is 0 Å². The third-order valence-corrected chi connectivity index (χ3v) is 12.8. The molecule has 0 unspecified atom stereocenters. The van der Waals surface area contributed by atoms with Crippen molar-refractivity contribution in [3.8, 4) is 56.0 Å². The zero-order valence-corrected chi connectivity index (χ0v) is 33.4. The second-order valence-corrected chi connectivity index (χ2v) is 16.0. The summed E-state index contributed by atoms with van der Waals surface area (Å²) in [7, 11) is 0. The lowest BCUT2D eigenvalue weighted by atomic mass is 9.68. The van der Waals surface area contributed by atoms with E-state index in [9.17, 15) is 0 Å². The van der Waals surface area contributed by atoms with Gasteiger partial charge in [-0.2, -0.15) is 0 Å². The Kier molecular flexibility index (Phi) is 8.11. The molecule has 2 heteroatoms.